The van der Waals surface area contributed by atoms with Crippen LogP contribution in [0.4, 0.5) is 10.5 Å². The van der Waals surface area contributed by atoms with Gasteiger partial charge in [0.1, 0.15) is 12.6 Å². The lowest BCUT2D eigenvalue weighted by atomic mass is 10.0. The number of hydrogen-bond donors (Lipinski definition) is 3. The summed E-state index contributed by atoms with van der Waals surface area (Å²) < 4.78 is 10.8. The standard InChI is InChI=1S/C20H24N4O4/c1-13(10-21)9-17(27-20(26)23-11-14-5-3-2-4-6-14)15-7-8-16-19(24-15)28-18(25)12-22-16/h2-8,13,17,22H,9-12,21H2,1H3,(H,23,26). The quantitative estimate of drug-likeness (QED) is 0.628. The highest BCUT2D eigenvalue weighted by molar-refractivity contribution is 5.82. The van der Waals surface area contributed by atoms with Crippen molar-refractivity contribution in [2.75, 3.05) is 18.4 Å². The van der Waals surface area contributed by atoms with Gasteiger partial charge in [0.15, 0.2) is 0 Å². The molecule has 1 aliphatic heterocycles. The van der Waals surface area contributed by atoms with Gasteiger partial charge in [-0.2, -0.15) is 0 Å². The van der Waals surface area contributed by atoms with Gasteiger partial charge in [0.05, 0.1) is 11.4 Å². The number of fused-ring (bicyclic) bond motifs is 1. The third-order valence-electron chi connectivity index (χ3n) is 4.39. The highest BCUT2D eigenvalue weighted by Crippen LogP contribution is 2.30. The number of amides is 1. The van der Waals surface area contributed by atoms with Gasteiger partial charge in [0.25, 0.3) is 0 Å². The summed E-state index contributed by atoms with van der Waals surface area (Å²) in [7, 11) is 0. The lowest BCUT2D eigenvalue weighted by Gasteiger charge is -2.23. The van der Waals surface area contributed by atoms with Crippen LogP contribution in [0.1, 0.15) is 30.7 Å². The van der Waals surface area contributed by atoms with E-state index in [1.165, 1.54) is 0 Å². The maximum atomic E-state index is 12.3. The monoisotopic (exact) mass is 384 g/mol. The summed E-state index contributed by atoms with van der Waals surface area (Å²) in [6.45, 7) is 2.88. The molecule has 1 amide bonds. The van der Waals surface area contributed by atoms with Crippen LogP contribution in [0.25, 0.3) is 0 Å². The highest BCUT2D eigenvalue weighted by atomic mass is 16.6. The summed E-state index contributed by atoms with van der Waals surface area (Å²) in [5.74, 6) is -0.108. The van der Waals surface area contributed by atoms with Gasteiger partial charge in [0, 0.05) is 6.54 Å². The molecule has 0 fully saturated rings. The fraction of sp³-hybridized carbons (Fsp3) is 0.350. The number of benzene rings is 1. The average Bonchev–Trinajstić information content (AvgIpc) is 2.71. The molecular formula is C20H24N4O4. The molecule has 28 heavy (non-hydrogen) atoms. The number of nitrogens with one attached hydrogen (secondary N) is 2. The Morgan fingerprint density at radius 3 is 2.86 bits per heavy atom. The minimum Gasteiger partial charge on any atom is -0.440 e. The summed E-state index contributed by atoms with van der Waals surface area (Å²) in [6.07, 6.45) is -0.657. The van der Waals surface area contributed by atoms with Crippen molar-refractivity contribution < 1.29 is 19.1 Å². The maximum Gasteiger partial charge on any atom is 0.408 e. The molecule has 0 bridgehead atoms. The van der Waals surface area contributed by atoms with E-state index in [1.807, 2.05) is 37.3 Å². The van der Waals surface area contributed by atoms with Crippen molar-refractivity contribution in [2.45, 2.75) is 26.0 Å². The SMILES string of the molecule is CC(CN)CC(OC(=O)NCc1ccccc1)c1ccc2c(n1)OC(=O)CN2. The molecule has 0 saturated carbocycles. The molecule has 0 spiro atoms. The second-order valence-electron chi connectivity index (χ2n) is 6.73. The van der Waals surface area contributed by atoms with Gasteiger partial charge in [-0.1, -0.05) is 37.3 Å². The summed E-state index contributed by atoms with van der Waals surface area (Å²) in [6, 6.07) is 13.1. The minimum absolute atomic E-state index is 0.0973. The molecule has 0 aliphatic carbocycles. The normalized spacial score (nSPS) is 14.9. The van der Waals surface area contributed by atoms with Crippen LogP contribution in [0.15, 0.2) is 42.5 Å². The lowest BCUT2D eigenvalue weighted by Crippen LogP contribution is -2.28. The van der Waals surface area contributed by atoms with Crippen molar-refractivity contribution in [1.29, 1.82) is 0 Å². The first-order chi connectivity index (χ1) is 13.5. The highest BCUT2D eigenvalue weighted by Gasteiger charge is 2.24. The molecule has 8 nitrogen and oxygen atoms in total. The zero-order chi connectivity index (χ0) is 19.9. The molecule has 4 N–H and O–H groups in total. The van der Waals surface area contributed by atoms with Crippen LogP contribution in [-0.2, 0) is 16.1 Å². The molecule has 0 saturated heterocycles. The number of carbonyl (C=O) groups is 2. The van der Waals surface area contributed by atoms with Crippen molar-refractivity contribution in [2.24, 2.45) is 11.7 Å². The Kier molecular flexibility index (Phi) is 6.44. The summed E-state index contributed by atoms with van der Waals surface area (Å²) >= 11 is 0. The summed E-state index contributed by atoms with van der Waals surface area (Å²) in [5.41, 5.74) is 7.84. The topological polar surface area (TPSA) is 116 Å². The Morgan fingerprint density at radius 1 is 1.32 bits per heavy atom. The second kappa shape index (κ2) is 9.18. The van der Waals surface area contributed by atoms with Crippen LogP contribution < -0.4 is 21.1 Å². The van der Waals surface area contributed by atoms with E-state index in [0.717, 1.165) is 5.56 Å². The van der Waals surface area contributed by atoms with Crippen LogP contribution >= 0.6 is 0 Å². The molecule has 148 valence electrons. The minimum atomic E-state index is -0.611. The number of pyridine rings is 1. The molecular weight excluding hydrogens is 360 g/mol. The van der Waals surface area contributed by atoms with Crippen LogP contribution in [0.3, 0.4) is 0 Å². The number of ether oxygens (including phenoxy) is 2. The van der Waals surface area contributed by atoms with Gasteiger partial charge in [0.2, 0.25) is 5.88 Å². The third kappa shape index (κ3) is 5.20. The Bertz CT molecular complexity index is 828. The van der Waals surface area contributed by atoms with Gasteiger partial charge in [-0.25, -0.2) is 14.6 Å². The van der Waals surface area contributed by atoms with Crippen LogP contribution in [-0.4, -0.2) is 30.1 Å². The molecule has 1 aliphatic rings. The first kappa shape index (κ1) is 19.6. The van der Waals surface area contributed by atoms with Crippen LogP contribution in [0.2, 0.25) is 0 Å². The van der Waals surface area contributed by atoms with Gasteiger partial charge in [-0.15, -0.1) is 0 Å². The van der Waals surface area contributed by atoms with Crippen molar-refractivity contribution in [3.05, 3.63) is 53.7 Å². The number of hydrogen-bond acceptors (Lipinski definition) is 7. The zero-order valence-electron chi connectivity index (χ0n) is 15.7. The summed E-state index contributed by atoms with van der Waals surface area (Å²) in [5, 5.41) is 5.67. The molecule has 0 radical (unpaired) electrons. The molecule has 2 heterocycles. The Balaban J connectivity index is 1.71. The third-order valence-corrected chi connectivity index (χ3v) is 4.39. The van der Waals surface area contributed by atoms with E-state index in [-0.39, 0.29) is 18.3 Å². The van der Waals surface area contributed by atoms with Crippen LogP contribution in [0.5, 0.6) is 5.88 Å². The molecule has 2 unspecified atom stereocenters. The van der Waals surface area contributed by atoms with E-state index in [0.29, 0.717) is 30.9 Å². The van der Waals surface area contributed by atoms with Gasteiger partial charge < -0.3 is 25.8 Å². The number of alkyl carbamates (subject to hydrolysis) is 1. The number of carbonyl (C=O) groups excluding carboxylic acids is 2. The van der Waals surface area contributed by atoms with Gasteiger partial charge >= 0.3 is 12.1 Å². The number of esters is 1. The van der Waals surface area contributed by atoms with E-state index >= 15 is 0 Å². The van der Waals surface area contributed by atoms with E-state index in [4.69, 9.17) is 15.2 Å². The lowest BCUT2D eigenvalue weighted by molar-refractivity contribution is -0.133. The van der Waals surface area contributed by atoms with Crippen molar-refractivity contribution in [3.8, 4) is 5.88 Å². The molecule has 3 rings (SSSR count). The number of anilines is 1. The van der Waals surface area contributed by atoms with Gasteiger partial charge in [-0.05, 0) is 36.6 Å². The van der Waals surface area contributed by atoms with Crippen molar-refractivity contribution in [1.82, 2.24) is 10.3 Å². The maximum absolute atomic E-state index is 12.3. The Hall–Kier alpha value is -3.13. The van der Waals surface area contributed by atoms with E-state index < -0.39 is 18.2 Å². The molecule has 1 aromatic carbocycles. The van der Waals surface area contributed by atoms with E-state index in [9.17, 15) is 9.59 Å². The Morgan fingerprint density at radius 2 is 2.11 bits per heavy atom. The van der Waals surface area contributed by atoms with Crippen molar-refractivity contribution >= 4 is 17.7 Å². The zero-order valence-corrected chi connectivity index (χ0v) is 15.7. The Labute approximate surface area is 163 Å². The average molecular weight is 384 g/mol. The fourth-order valence-corrected chi connectivity index (χ4v) is 2.79. The van der Waals surface area contributed by atoms with Crippen LogP contribution in [0, 0.1) is 5.92 Å². The number of nitrogens with zero attached hydrogens (tertiary/aromatic N) is 1. The van der Waals surface area contributed by atoms with E-state index in [2.05, 4.69) is 15.6 Å². The smallest absolute Gasteiger partial charge is 0.408 e. The molecule has 1 aromatic heterocycles. The molecule has 8 heteroatoms. The number of nitrogens with two attached hydrogens (primary N) is 1. The predicted octanol–water partition coefficient (Wildman–Crippen LogP) is 2.36. The number of aromatic nitrogens is 1. The van der Waals surface area contributed by atoms with E-state index in [1.54, 1.807) is 12.1 Å². The first-order valence-corrected chi connectivity index (χ1v) is 9.19. The predicted molar refractivity (Wildman–Crippen MR) is 104 cm³/mol. The molecule has 2 aromatic rings. The largest absolute Gasteiger partial charge is 0.440 e. The molecule has 2 atom stereocenters. The van der Waals surface area contributed by atoms with Crippen molar-refractivity contribution in [3.63, 3.8) is 0 Å². The number of rotatable bonds is 7. The second-order valence-corrected chi connectivity index (χ2v) is 6.73. The first-order valence-electron chi connectivity index (χ1n) is 9.19. The summed E-state index contributed by atoms with van der Waals surface area (Å²) in [4.78, 5) is 28.2. The van der Waals surface area contributed by atoms with Gasteiger partial charge in [-0.3, -0.25) is 0 Å². The fourth-order valence-electron chi connectivity index (χ4n) is 2.79.